The monoisotopic (exact) mass is 275 g/mol. The Morgan fingerprint density at radius 1 is 1.55 bits per heavy atom. The summed E-state index contributed by atoms with van der Waals surface area (Å²) in [4.78, 5) is 4.41. The summed E-state index contributed by atoms with van der Waals surface area (Å²) in [5.41, 5.74) is 0. The zero-order valence-electron chi connectivity index (χ0n) is 11.8. The van der Waals surface area contributed by atoms with Gasteiger partial charge in [-0.15, -0.1) is 0 Å². The maximum absolute atomic E-state index is 5.65. The first-order valence-corrected chi connectivity index (χ1v) is 7.16. The number of rotatable bonds is 8. The maximum Gasteiger partial charge on any atom is 0.133 e. The third-order valence-electron chi connectivity index (χ3n) is 3.59. The van der Waals surface area contributed by atoms with Crippen LogP contribution >= 0.6 is 0 Å². The van der Waals surface area contributed by atoms with E-state index in [0.717, 1.165) is 37.3 Å². The van der Waals surface area contributed by atoms with Gasteiger partial charge in [0.15, 0.2) is 0 Å². The van der Waals surface area contributed by atoms with Crippen LogP contribution in [0.25, 0.3) is 0 Å². The number of nitrogens with zero attached hydrogens (tertiary/aromatic N) is 2. The third-order valence-corrected chi connectivity index (χ3v) is 3.59. The van der Waals surface area contributed by atoms with Crippen LogP contribution in [0.4, 0.5) is 0 Å². The van der Waals surface area contributed by atoms with Crippen LogP contribution in [0.1, 0.15) is 30.5 Å². The van der Waals surface area contributed by atoms with E-state index < -0.39 is 0 Å². The molecule has 0 saturated heterocycles. The predicted octanol–water partition coefficient (Wildman–Crippen LogP) is 2.12. The van der Waals surface area contributed by atoms with Gasteiger partial charge in [-0.25, -0.2) is 4.98 Å². The average Bonchev–Trinajstić information content (AvgIpc) is 2.94. The number of aromatic nitrogens is 2. The summed E-state index contributed by atoms with van der Waals surface area (Å²) in [5.74, 6) is 2.63. The van der Waals surface area contributed by atoms with Gasteiger partial charge in [0.1, 0.15) is 17.6 Å². The van der Waals surface area contributed by atoms with Gasteiger partial charge >= 0.3 is 0 Å². The Bertz CT molecular complexity index is 517. The highest BCUT2D eigenvalue weighted by Gasteiger charge is 2.22. The molecule has 2 aromatic heterocycles. The summed E-state index contributed by atoms with van der Waals surface area (Å²) in [7, 11) is 1.99. The lowest BCUT2D eigenvalue weighted by atomic mass is 10.2. The lowest BCUT2D eigenvalue weighted by Gasteiger charge is -2.16. The number of aryl methyl sites for hydroxylation is 1. The number of ether oxygens (including phenoxy) is 1. The molecular weight excluding hydrogens is 254 g/mol. The van der Waals surface area contributed by atoms with E-state index in [1.54, 1.807) is 12.5 Å². The van der Waals surface area contributed by atoms with Gasteiger partial charge in [0.2, 0.25) is 0 Å². The standard InChI is InChI=1S/C15H21N3O2/c1-18-8-6-17-15(18)14(13-3-2-9-20-13)16-7-10-19-11-12-4-5-12/h2-3,6,8-9,12,14,16H,4-5,7,10-11H2,1H3. The molecule has 20 heavy (non-hydrogen) atoms. The fraction of sp³-hybridized carbons (Fsp3) is 0.533. The van der Waals surface area contributed by atoms with Crippen molar-refractivity contribution in [1.29, 1.82) is 0 Å². The van der Waals surface area contributed by atoms with Crippen LogP contribution in [0.15, 0.2) is 35.2 Å². The molecule has 1 unspecified atom stereocenters. The fourth-order valence-corrected chi connectivity index (χ4v) is 2.24. The van der Waals surface area contributed by atoms with E-state index in [1.807, 2.05) is 29.9 Å². The largest absolute Gasteiger partial charge is 0.467 e. The molecule has 2 aromatic rings. The van der Waals surface area contributed by atoms with Crippen molar-refractivity contribution in [3.63, 3.8) is 0 Å². The molecule has 5 heteroatoms. The Morgan fingerprint density at radius 3 is 3.10 bits per heavy atom. The molecule has 0 aromatic carbocycles. The second-order valence-electron chi connectivity index (χ2n) is 5.32. The second kappa shape index (κ2) is 6.24. The third kappa shape index (κ3) is 3.29. The van der Waals surface area contributed by atoms with Crippen molar-refractivity contribution in [2.45, 2.75) is 18.9 Å². The summed E-state index contributed by atoms with van der Waals surface area (Å²) in [6.45, 7) is 2.40. The van der Waals surface area contributed by atoms with Gasteiger partial charge in [-0.2, -0.15) is 0 Å². The quantitative estimate of drug-likeness (QED) is 0.750. The van der Waals surface area contributed by atoms with Crippen LogP contribution in [0.2, 0.25) is 0 Å². The Kier molecular flexibility index (Phi) is 4.18. The Hall–Kier alpha value is -1.59. The predicted molar refractivity (Wildman–Crippen MR) is 75.3 cm³/mol. The van der Waals surface area contributed by atoms with Gasteiger partial charge in [0.05, 0.1) is 12.9 Å². The molecular formula is C15H21N3O2. The van der Waals surface area contributed by atoms with Crippen LogP contribution in [0.3, 0.4) is 0 Å². The number of hydrogen-bond donors (Lipinski definition) is 1. The van der Waals surface area contributed by atoms with Gasteiger partial charge in [0.25, 0.3) is 0 Å². The molecule has 0 spiro atoms. The van der Waals surface area contributed by atoms with Gasteiger partial charge in [-0.05, 0) is 30.9 Å². The van der Waals surface area contributed by atoms with Crippen molar-refractivity contribution < 1.29 is 9.15 Å². The van der Waals surface area contributed by atoms with E-state index in [2.05, 4.69) is 10.3 Å². The molecule has 0 aliphatic heterocycles. The molecule has 108 valence electrons. The summed E-state index contributed by atoms with van der Waals surface area (Å²) < 4.78 is 13.2. The van der Waals surface area contributed by atoms with Gasteiger partial charge in [-0.1, -0.05) is 0 Å². The summed E-state index contributed by atoms with van der Waals surface area (Å²) in [6, 6.07) is 3.84. The zero-order chi connectivity index (χ0) is 13.8. The van der Waals surface area contributed by atoms with Crippen molar-refractivity contribution >= 4 is 0 Å². The van der Waals surface area contributed by atoms with Crippen LogP contribution in [0, 0.1) is 5.92 Å². The molecule has 2 heterocycles. The lowest BCUT2D eigenvalue weighted by Crippen LogP contribution is -2.28. The van der Waals surface area contributed by atoms with E-state index in [9.17, 15) is 0 Å². The van der Waals surface area contributed by atoms with Crippen molar-refractivity contribution in [1.82, 2.24) is 14.9 Å². The van der Waals surface area contributed by atoms with Crippen molar-refractivity contribution in [2.24, 2.45) is 13.0 Å². The number of nitrogens with one attached hydrogen (secondary N) is 1. The minimum Gasteiger partial charge on any atom is -0.467 e. The molecule has 1 saturated carbocycles. The lowest BCUT2D eigenvalue weighted by molar-refractivity contribution is 0.124. The van der Waals surface area contributed by atoms with E-state index in [1.165, 1.54) is 12.8 Å². The molecule has 0 radical (unpaired) electrons. The van der Waals surface area contributed by atoms with E-state index in [-0.39, 0.29) is 6.04 Å². The normalized spacial score (nSPS) is 16.4. The van der Waals surface area contributed by atoms with Gasteiger partial charge < -0.3 is 13.7 Å². The minimum absolute atomic E-state index is 0.0328. The molecule has 1 N–H and O–H groups in total. The maximum atomic E-state index is 5.65. The summed E-state index contributed by atoms with van der Waals surface area (Å²) in [6.07, 6.45) is 8.09. The zero-order valence-corrected chi connectivity index (χ0v) is 11.8. The SMILES string of the molecule is Cn1ccnc1C(NCCOCC1CC1)c1ccco1. The molecule has 0 bridgehead atoms. The number of hydrogen-bond acceptors (Lipinski definition) is 4. The summed E-state index contributed by atoms with van der Waals surface area (Å²) >= 11 is 0. The fourth-order valence-electron chi connectivity index (χ4n) is 2.24. The highest BCUT2D eigenvalue weighted by Crippen LogP contribution is 2.28. The number of imidazole rings is 1. The Labute approximate surface area is 118 Å². The average molecular weight is 275 g/mol. The number of furan rings is 1. The highest BCUT2D eigenvalue weighted by atomic mass is 16.5. The van der Waals surface area contributed by atoms with E-state index in [0.29, 0.717) is 0 Å². The van der Waals surface area contributed by atoms with Crippen LogP contribution < -0.4 is 5.32 Å². The minimum atomic E-state index is -0.0328. The van der Waals surface area contributed by atoms with E-state index >= 15 is 0 Å². The highest BCUT2D eigenvalue weighted by molar-refractivity contribution is 5.15. The van der Waals surface area contributed by atoms with Gasteiger partial charge in [-0.3, -0.25) is 5.32 Å². The van der Waals surface area contributed by atoms with Crippen LogP contribution in [-0.2, 0) is 11.8 Å². The van der Waals surface area contributed by atoms with Crippen molar-refractivity contribution in [3.05, 3.63) is 42.4 Å². The van der Waals surface area contributed by atoms with Gasteiger partial charge in [0, 0.05) is 32.6 Å². The molecule has 3 rings (SSSR count). The molecule has 1 fully saturated rings. The first-order chi connectivity index (χ1) is 9.84. The van der Waals surface area contributed by atoms with E-state index in [4.69, 9.17) is 9.15 Å². The first kappa shape index (κ1) is 13.4. The second-order valence-corrected chi connectivity index (χ2v) is 5.32. The Morgan fingerprint density at radius 2 is 2.45 bits per heavy atom. The van der Waals surface area contributed by atoms with Crippen LogP contribution in [-0.4, -0.2) is 29.3 Å². The smallest absolute Gasteiger partial charge is 0.133 e. The molecule has 1 aliphatic rings. The first-order valence-electron chi connectivity index (χ1n) is 7.16. The molecule has 0 amide bonds. The molecule has 5 nitrogen and oxygen atoms in total. The van der Waals surface area contributed by atoms with Crippen LogP contribution in [0.5, 0.6) is 0 Å². The molecule has 1 atom stereocenters. The summed E-state index contributed by atoms with van der Waals surface area (Å²) in [5, 5.41) is 3.46. The molecule has 1 aliphatic carbocycles. The Balaban J connectivity index is 1.56. The topological polar surface area (TPSA) is 52.2 Å². The van der Waals surface area contributed by atoms with Crippen molar-refractivity contribution in [3.8, 4) is 0 Å². The van der Waals surface area contributed by atoms with Crippen molar-refractivity contribution in [2.75, 3.05) is 19.8 Å².